The van der Waals surface area contributed by atoms with E-state index in [2.05, 4.69) is 25.5 Å². The van der Waals surface area contributed by atoms with Crippen LogP contribution in [0.1, 0.15) is 0 Å². The molecular weight excluding hydrogens is 443 g/mol. The van der Waals surface area contributed by atoms with E-state index in [1.165, 1.54) is 0 Å². The molecule has 4 rings (SSSR count). The first-order valence-corrected chi connectivity index (χ1v) is 9.28. The molecule has 2 aromatic carbocycles. The Balaban J connectivity index is 0.000000383. The minimum Gasteiger partial charge on any atom is -0.497 e. The summed E-state index contributed by atoms with van der Waals surface area (Å²) in [6, 6.07) is 15.3. The highest BCUT2D eigenvalue weighted by Gasteiger charge is 2.38. The molecule has 0 aliphatic rings. The molecule has 0 aliphatic heterocycles. The summed E-state index contributed by atoms with van der Waals surface area (Å²) in [5, 5.41) is 18.5. The first-order chi connectivity index (χ1) is 15.7. The normalized spacial score (nSPS) is 10.8. The van der Waals surface area contributed by atoms with E-state index in [0.29, 0.717) is 11.6 Å². The van der Waals surface area contributed by atoms with Crippen molar-refractivity contribution in [2.24, 2.45) is 0 Å². The Morgan fingerprint density at radius 1 is 1.06 bits per heavy atom. The summed E-state index contributed by atoms with van der Waals surface area (Å²) in [6.07, 6.45) is -3.33. The van der Waals surface area contributed by atoms with Gasteiger partial charge in [-0.15, -0.1) is 0 Å². The highest BCUT2D eigenvalue weighted by Crippen LogP contribution is 2.32. The number of hydrogen-bond donors (Lipinski definition) is 3. The molecular formula is C21H18F3N5O4. The Hall–Kier alpha value is -4.35. The number of nitrogens with zero attached hydrogens (tertiary/aromatic N) is 3. The van der Waals surface area contributed by atoms with Gasteiger partial charge in [0.05, 0.1) is 25.3 Å². The van der Waals surface area contributed by atoms with E-state index in [0.717, 1.165) is 33.8 Å². The van der Waals surface area contributed by atoms with Gasteiger partial charge < -0.3 is 19.9 Å². The second-order valence-electron chi connectivity index (χ2n) is 6.39. The van der Waals surface area contributed by atoms with Crippen molar-refractivity contribution in [1.29, 1.82) is 0 Å². The van der Waals surface area contributed by atoms with Crippen molar-refractivity contribution in [3.63, 3.8) is 0 Å². The van der Waals surface area contributed by atoms with Crippen LogP contribution in [0.3, 0.4) is 0 Å². The predicted octanol–water partition coefficient (Wildman–Crippen LogP) is 4.41. The van der Waals surface area contributed by atoms with Gasteiger partial charge in [-0.3, -0.25) is 5.10 Å². The van der Waals surface area contributed by atoms with Gasteiger partial charge in [0.1, 0.15) is 11.5 Å². The fraction of sp³-hybridized carbons (Fsp3) is 0.143. The number of halogens is 3. The average molecular weight is 461 g/mol. The maximum Gasteiger partial charge on any atom is 0.490 e. The van der Waals surface area contributed by atoms with Gasteiger partial charge in [-0.25, -0.2) is 9.78 Å². The van der Waals surface area contributed by atoms with Gasteiger partial charge in [-0.2, -0.15) is 23.3 Å². The average Bonchev–Trinajstić information content (AvgIpc) is 3.22. The fourth-order valence-electron chi connectivity index (χ4n) is 2.72. The van der Waals surface area contributed by atoms with E-state index < -0.39 is 12.1 Å². The third-order valence-electron chi connectivity index (χ3n) is 4.28. The molecule has 33 heavy (non-hydrogen) atoms. The number of hydrogen-bond acceptors (Lipinski definition) is 7. The predicted molar refractivity (Wildman–Crippen MR) is 114 cm³/mol. The standard InChI is InChI=1S/C19H17N5O2.C2HF3O2/c1-25-13-9-7-12(8-10-13)21-19-20-11-15-17(23-24-18(15)22-19)14-5-3-4-6-16(14)26-2;3-2(4,5)1(6)7/h3-11H,1-2H3,(H2,20,21,22,23,24);(H,6,7). The number of carboxylic acid groups (broad SMARTS) is 1. The number of rotatable bonds is 5. The number of alkyl halides is 3. The number of ether oxygens (including phenoxy) is 2. The van der Waals surface area contributed by atoms with E-state index >= 15 is 0 Å². The lowest BCUT2D eigenvalue weighted by Gasteiger charge is -2.07. The highest BCUT2D eigenvalue weighted by atomic mass is 19.4. The van der Waals surface area contributed by atoms with Crippen LogP contribution < -0.4 is 14.8 Å². The van der Waals surface area contributed by atoms with Crippen LogP contribution >= 0.6 is 0 Å². The number of benzene rings is 2. The first-order valence-electron chi connectivity index (χ1n) is 9.28. The van der Waals surface area contributed by atoms with Crippen molar-refractivity contribution in [3.8, 4) is 22.8 Å². The monoisotopic (exact) mass is 461 g/mol. The maximum absolute atomic E-state index is 10.6. The Bertz CT molecular complexity index is 1240. The molecule has 0 saturated heterocycles. The molecule has 0 spiro atoms. The second-order valence-corrected chi connectivity index (χ2v) is 6.39. The summed E-state index contributed by atoms with van der Waals surface area (Å²) in [7, 11) is 3.28. The minimum absolute atomic E-state index is 0.473. The summed E-state index contributed by atoms with van der Waals surface area (Å²) in [5.74, 6) is -0.729. The number of methoxy groups -OCH3 is 2. The molecule has 0 atom stereocenters. The summed E-state index contributed by atoms with van der Waals surface area (Å²) in [5.41, 5.74) is 3.19. The lowest BCUT2D eigenvalue weighted by molar-refractivity contribution is -0.192. The highest BCUT2D eigenvalue weighted by molar-refractivity contribution is 5.92. The van der Waals surface area contributed by atoms with Crippen molar-refractivity contribution in [2.45, 2.75) is 6.18 Å². The third kappa shape index (κ3) is 5.67. The number of para-hydroxylation sites is 1. The molecule has 2 aromatic heterocycles. The number of carboxylic acids is 1. The topological polar surface area (TPSA) is 122 Å². The lowest BCUT2D eigenvalue weighted by Crippen LogP contribution is -2.21. The molecule has 3 N–H and O–H groups in total. The number of carbonyl (C=O) groups is 1. The minimum atomic E-state index is -5.08. The molecule has 0 saturated carbocycles. The molecule has 0 radical (unpaired) electrons. The number of H-pyrrole nitrogens is 1. The molecule has 4 aromatic rings. The summed E-state index contributed by atoms with van der Waals surface area (Å²) in [4.78, 5) is 17.8. The Kier molecular flexibility index (Phi) is 6.96. The number of aromatic nitrogens is 4. The van der Waals surface area contributed by atoms with Gasteiger partial charge in [0.2, 0.25) is 5.95 Å². The fourth-order valence-corrected chi connectivity index (χ4v) is 2.72. The first kappa shape index (κ1) is 23.3. The summed E-state index contributed by atoms with van der Waals surface area (Å²) in [6.45, 7) is 0. The Labute approximate surface area is 185 Å². The van der Waals surface area contributed by atoms with E-state index in [9.17, 15) is 13.2 Å². The second kappa shape index (κ2) is 9.85. The van der Waals surface area contributed by atoms with Crippen LogP contribution in [-0.4, -0.2) is 51.6 Å². The molecule has 0 bridgehead atoms. The van der Waals surface area contributed by atoms with Gasteiger partial charge in [0.25, 0.3) is 0 Å². The van der Waals surface area contributed by atoms with E-state index in [-0.39, 0.29) is 0 Å². The number of anilines is 2. The number of nitrogens with one attached hydrogen (secondary N) is 2. The zero-order valence-electron chi connectivity index (χ0n) is 17.3. The quantitative estimate of drug-likeness (QED) is 0.399. The molecule has 0 amide bonds. The van der Waals surface area contributed by atoms with Crippen LogP contribution in [0.4, 0.5) is 24.8 Å². The largest absolute Gasteiger partial charge is 0.497 e. The van der Waals surface area contributed by atoms with Crippen LogP contribution in [0.15, 0.2) is 54.7 Å². The van der Waals surface area contributed by atoms with Gasteiger partial charge >= 0.3 is 12.1 Å². The summed E-state index contributed by atoms with van der Waals surface area (Å²) < 4.78 is 42.3. The molecule has 9 nitrogen and oxygen atoms in total. The van der Waals surface area contributed by atoms with Crippen molar-refractivity contribution in [2.75, 3.05) is 19.5 Å². The van der Waals surface area contributed by atoms with E-state index in [1.807, 2.05) is 48.5 Å². The van der Waals surface area contributed by atoms with Crippen molar-refractivity contribution < 1.29 is 32.5 Å². The van der Waals surface area contributed by atoms with Crippen LogP contribution in [-0.2, 0) is 4.79 Å². The molecule has 172 valence electrons. The van der Waals surface area contributed by atoms with Crippen LogP contribution in [0.2, 0.25) is 0 Å². The number of aromatic amines is 1. The van der Waals surface area contributed by atoms with Gasteiger partial charge in [-0.05, 0) is 36.4 Å². The molecule has 0 fully saturated rings. The maximum atomic E-state index is 10.6. The van der Waals surface area contributed by atoms with Crippen molar-refractivity contribution in [3.05, 3.63) is 54.7 Å². The van der Waals surface area contributed by atoms with Crippen molar-refractivity contribution >= 4 is 28.6 Å². The SMILES string of the molecule is COc1ccc(Nc2ncc3c(-c4ccccc4OC)[nH]nc3n2)cc1.O=C(O)C(F)(F)F. The zero-order valence-corrected chi connectivity index (χ0v) is 17.3. The molecule has 2 heterocycles. The van der Waals surface area contributed by atoms with Crippen molar-refractivity contribution in [1.82, 2.24) is 20.2 Å². The molecule has 0 aliphatic carbocycles. The van der Waals surface area contributed by atoms with Gasteiger partial charge in [0.15, 0.2) is 5.65 Å². The number of aliphatic carboxylic acids is 1. The Morgan fingerprint density at radius 2 is 1.73 bits per heavy atom. The van der Waals surface area contributed by atoms with Gasteiger partial charge in [0, 0.05) is 17.4 Å². The summed E-state index contributed by atoms with van der Waals surface area (Å²) >= 11 is 0. The molecule has 12 heteroatoms. The van der Waals surface area contributed by atoms with Crippen LogP contribution in [0.5, 0.6) is 11.5 Å². The van der Waals surface area contributed by atoms with E-state index in [1.54, 1.807) is 20.4 Å². The van der Waals surface area contributed by atoms with Crippen LogP contribution in [0.25, 0.3) is 22.3 Å². The third-order valence-corrected chi connectivity index (χ3v) is 4.28. The van der Waals surface area contributed by atoms with Gasteiger partial charge in [-0.1, -0.05) is 12.1 Å². The smallest absolute Gasteiger partial charge is 0.490 e. The van der Waals surface area contributed by atoms with E-state index in [4.69, 9.17) is 19.4 Å². The molecule has 0 unspecified atom stereocenters. The zero-order chi connectivity index (χ0) is 24.0. The van der Waals surface area contributed by atoms with Crippen LogP contribution in [0, 0.1) is 0 Å². The lowest BCUT2D eigenvalue weighted by atomic mass is 10.1. The Morgan fingerprint density at radius 3 is 2.33 bits per heavy atom. The number of fused-ring (bicyclic) bond motifs is 1.